The molecule has 1 heterocycles. The van der Waals surface area contributed by atoms with Crippen molar-refractivity contribution in [3.05, 3.63) is 65.0 Å². The molecule has 1 N–H and O–H groups in total. The number of ether oxygens (including phenoxy) is 1. The average Bonchev–Trinajstić information content (AvgIpc) is 3.08. The molecule has 0 atom stereocenters. The van der Waals surface area contributed by atoms with E-state index in [1.807, 2.05) is 31.2 Å². The van der Waals surface area contributed by atoms with Crippen molar-refractivity contribution in [2.45, 2.75) is 25.2 Å². The van der Waals surface area contributed by atoms with Crippen LogP contribution in [0, 0.1) is 6.92 Å². The lowest BCUT2D eigenvalue weighted by molar-refractivity contribution is -0.115. The van der Waals surface area contributed by atoms with Gasteiger partial charge in [0.25, 0.3) is 11.1 Å². The summed E-state index contributed by atoms with van der Waals surface area (Å²) in [4.78, 5) is 12.0. The third kappa shape index (κ3) is 6.30. The summed E-state index contributed by atoms with van der Waals surface area (Å²) >= 11 is 7.22. The Hall–Kier alpha value is -2.51. The van der Waals surface area contributed by atoms with Gasteiger partial charge >= 0.3 is 0 Å². The molecule has 3 aromatic rings. The quantitative estimate of drug-likeness (QED) is 0.548. The highest BCUT2D eigenvalue weighted by molar-refractivity contribution is 7.99. The van der Waals surface area contributed by atoms with Gasteiger partial charge in [-0.15, -0.1) is 10.2 Å². The van der Waals surface area contributed by atoms with E-state index in [-0.39, 0.29) is 12.5 Å². The minimum Gasteiger partial charge on any atom is -0.484 e. The first-order valence-corrected chi connectivity index (χ1v) is 9.65. The number of benzene rings is 2. The van der Waals surface area contributed by atoms with Crippen LogP contribution in [0.15, 0.2) is 58.2 Å². The van der Waals surface area contributed by atoms with E-state index in [2.05, 4.69) is 15.5 Å². The Labute approximate surface area is 166 Å². The molecule has 6 nitrogen and oxygen atoms in total. The molecule has 27 heavy (non-hydrogen) atoms. The van der Waals surface area contributed by atoms with E-state index >= 15 is 0 Å². The standard InChI is InChI=1S/C19H18ClN3O3S/c1-13-4-2-7-16(10-13)25-12-18-22-23-19(26-18)27-9-8-17(24)21-15-6-3-5-14(20)11-15/h2-7,10-11H,8-9,12H2,1H3,(H,21,24). The summed E-state index contributed by atoms with van der Waals surface area (Å²) in [5.41, 5.74) is 1.79. The van der Waals surface area contributed by atoms with Gasteiger partial charge in [-0.1, -0.05) is 41.6 Å². The molecule has 0 bridgehead atoms. The van der Waals surface area contributed by atoms with Crippen molar-refractivity contribution >= 4 is 35.0 Å². The number of aromatic nitrogens is 2. The van der Waals surface area contributed by atoms with E-state index in [1.165, 1.54) is 11.8 Å². The van der Waals surface area contributed by atoms with Gasteiger partial charge in [-0.2, -0.15) is 0 Å². The van der Waals surface area contributed by atoms with Crippen LogP contribution in [0.3, 0.4) is 0 Å². The molecule has 0 saturated carbocycles. The molecule has 0 radical (unpaired) electrons. The smallest absolute Gasteiger partial charge is 0.276 e. The van der Waals surface area contributed by atoms with Gasteiger partial charge in [0.05, 0.1) is 0 Å². The van der Waals surface area contributed by atoms with Crippen LogP contribution >= 0.6 is 23.4 Å². The molecule has 1 aromatic heterocycles. The van der Waals surface area contributed by atoms with Crippen LogP contribution in [0.2, 0.25) is 5.02 Å². The number of amides is 1. The third-order valence-corrected chi connectivity index (χ3v) is 4.52. The van der Waals surface area contributed by atoms with Crippen molar-refractivity contribution in [2.24, 2.45) is 0 Å². The van der Waals surface area contributed by atoms with Crippen LogP contribution in [-0.2, 0) is 11.4 Å². The number of anilines is 1. The number of carbonyl (C=O) groups is 1. The van der Waals surface area contributed by atoms with Crippen molar-refractivity contribution in [1.82, 2.24) is 10.2 Å². The van der Waals surface area contributed by atoms with Gasteiger partial charge in [-0.3, -0.25) is 4.79 Å². The maximum Gasteiger partial charge on any atom is 0.276 e. The Morgan fingerprint density at radius 2 is 2.07 bits per heavy atom. The van der Waals surface area contributed by atoms with Crippen molar-refractivity contribution in [2.75, 3.05) is 11.1 Å². The zero-order valence-electron chi connectivity index (χ0n) is 14.6. The highest BCUT2D eigenvalue weighted by Crippen LogP contribution is 2.20. The SMILES string of the molecule is Cc1cccc(OCc2nnc(SCCC(=O)Nc3cccc(Cl)c3)o2)c1. The minimum absolute atomic E-state index is 0.104. The second kappa shape index (κ2) is 9.43. The minimum atomic E-state index is -0.104. The Kier molecular flexibility index (Phi) is 6.73. The average molecular weight is 404 g/mol. The molecule has 140 valence electrons. The van der Waals surface area contributed by atoms with Gasteiger partial charge in [0.2, 0.25) is 5.91 Å². The fraction of sp³-hybridized carbons (Fsp3) is 0.211. The van der Waals surface area contributed by atoms with Gasteiger partial charge in [0.1, 0.15) is 5.75 Å². The highest BCUT2D eigenvalue weighted by Gasteiger charge is 2.09. The lowest BCUT2D eigenvalue weighted by atomic mass is 10.2. The molecular weight excluding hydrogens is 386 g/mol. The summed E-state index contributed by atoms with van der Waals surface area (Å²) in [6.07, 6.45) is 0.314. The zero-order valence-corrected chi connectivity index (χ0v) is 16.2. The second-order valence-electron chi connectivity index (χ2n) is 5.72. The summed E-state index contributed by atoms with van der Waals surface area (Å²) in [6, 6.07) is 14.8. The van der Waals surface area contributed by atoms with Gasteiger partial charge < -0.3 is 14.5 Å². The van der Waals surface area contributed by atoms with Gasteiger partial charge in [-0.25, -0.2) is 0 Å². The van der Waals surface area contributed by atoms with Gasteiger partial charge in [0.15, 0.2) is 6.61 Å². The number of thioether (sulfide) groups is 1. The summed E-state index contributed by atoms with van der Waals surface area (Å²) in [6.45, 7) is 2.20. The van der Waals surface area contributed by atoms with Crippen molar-refractivity contribution in [3.8, 4) is 5.75 Å². The molecule has 0 fully saturated rings. The Morgan fingerprint density at radius 1 is 1.22 bits per heavy atom. The van der Waals surface area contributed by atoms with Crippen molar-refractivity contribution in [1.29, 1.82) is 0 Å². The molecule has 0 aliphatic carbocycles. The molecule has 0 aliphatic heterocycles. The summed E-state index contributed by atoms with van der Waals surface area (Å²) in [5, 5.41) is 11.7. The number of nitrogens with one attached hydrogen (secondary N) is 1. The lowest BCUT2D eigenvalue weighted by Gasteiger charge is -2.04. The normalized spacial score (nSPS) is 10.6. The summed E-state index contributed by atoms with van der Waals surface area (Å²) in [5.74, 6) is 1.56. The van der Waals surface area contributed by atoms with E-state index in [1.54, 1.807) is 24.3 Å². The number of carbonyl (C=O) groups excluding carboxylic acids is 1. The van der Waals surface area contributed by atoms with E-state index in [0.29, 0.717) is 34.0 Å². The fourth-order valence-corrected chi connectivity index (χ4v) is 3.13. The first-order chi connectivity index (χ1) is 13.1. The molecule has 3 rings (SSSR count). The maximum absolute atomic E-state index is 12.0. The number of hydrogen-bond acceptors (Lipinski definition) is 6. The van der Waals surface area contributed by atoms with Gasteiger partial charge in [0, 0.05) is 22.9 Å². The van der Waals surface area contributed by atoms with Crippen LogP contribution in [0.25, 0.3) is 0 Å². The number of aryl methyl sites for hydroxylation is 1. The molecule has 1 amide bonds. The van der Waals surface area contributed by atoms with E-state index in [9.17, 15) is 4.79 Å². The van der Waals surface area contributed by atoms with Gasteiger partial charge in [-0.05, 0) is 42.8 Å². The number of hydrogen-bond donors (Lipinski definition) is 1. The van der Waals surface area contributed by atoms with Crippen LogP contribution in [0.4, 0.5) is 5.69 Å². The van der Waals surface area contributed by atoms with Crippen molar-refractivity contribution in [3.63, 3.8) is 0 Å². The van der Waals surface area contributed by atoms with Crippen LogP contribution in [-0.4, -0.2) is 21.9 Å². The van der Waals surface area contributed by atoms with Crippen LogP contribution in [0.5, 0.6) is 5.75 Å². The van der Waals surface area contributed by atoms with Crippen molar-refractivity contribution < 1.29 is 13.9 Å². The monoisotopic (exact) mass is 403 g/mol. The number of halogens is 1. The highest BCUT2D eigenvalue weighted by atomic mass is 35.5. The first-order valence-electron chi connectivity index (χ1n) is 8.28. The molecule has 8 heteroatoms. The Bertz CT molecular complexity index is 916. The summed E-state index contributed by atoms with van der Waals surface area (Å²) < 4.78 is 11.1. The molecular formula is C19H18ClN3O3S. The topological polar surface area (TPSA) is 77.2 Å². The zero-order chi connectivity index (χ0) is 19.1. The van der Waals surface area contributed by atoms with Crippen LogP contribution in [0.1, 0.15) is 17.9 Å². The molecule has 0 unspecified atom stereocenters. The second-order valence-corrected chi connectivity index (χ2v) is 7.21. The summed E-state index contributed by atoms with van der Waals surface area (Å²) in [7, 11) is 0. The molecule has 0 spiro atoms. The molecule has 0 aliphatic rings. The number of rotatable bonds is 8. The van der Waals surface area contributed by atoms with E-state index in [0.717, 1.165) is 11.3 Å². The molecule has 0 saturated heterocycles. The maximum atomic E-state index is 12.0. The fourth-order valence-electron chi connectivity index (χ4n) is 2.23. The Balaban J connectivity index is 1.41. The predicted molar refractivity (Wildman–Crippen MR) is 105 cm³/mol. The largest absolute Gasteiger partial charge is 0.484 e. The van der Waals surface area contributed by atoms with E-state index in [4.69, 9.17) is 20.8 Å². The lowest BCUT2D eigenvalue weighted by Crippen LogP contribution is -2.12. The first kappa shape index (κ1) is 19.3. The molecule has 2 aromatic carbocycles. The number of nitrogens with zero attached hydrogens (tertiary/aromatic N) is 2. The van der Waals surface area contributed by atoms with E-state index < -0.39 is 0 Å². The predicted octanol–water partition coefficient (Wildman–Crippen LogP) is 4.73. The third-order valence-electron chi connectivity index (χ3n) is 3.46. The van der Waals surface area contributed by atoms with Crippen LogP contribution < -0.4 is 10.1 Å². The Morgan fingerprint density at radius 3 is 2.89 bits per heavy atom.